The summed E-state index contributed by atoms with van der Waals surface area (Å²) < 4.78 is 21.0. The lowest BCUT2D eigenvalue weighted by Crippen LogP contribution is -2.41. The van der Waals surface area contributed by atoms with Gasteiger partial charge in [0.2, 0.25) is 0 Å². The molecule has 0 radical (unpaired) electrons. The Kier molecular flexibility index (Phi) is 5.93. The summed E-state index contributed by atoms with van der Waals surface area (Å²) in [5.74, 6) is 0.713. The fourth-order valence-electron chi connectivity index (χ4n) is 3.69. The highest BCUT2D eigenvalue weighted by Crippen LogP contribution is 2.37. The highest BCUT2D eigenvalue weighted by atomic mass is 35.5. The summed E-state index contributed by atoms with van der Waals surface area (Å²) in [6.07, 6.45) is 0. The second-order valence-corrected chi connectivity index (χ2v) is 9.79. The molecule has 3 aromatic rings. The number of tetrazole rings is 1. The van der Waals surface area contributed by atoms with Crippen molar-refractivity contribution in [1.82, 2.24) is 19.8 Å². The molecule has 2 heterocycles. The molecule has 0 aliphatic carbocycles. The van der Waals surface area contributed by atoms with Gasteiger partial charge in [0.15, 0.2) is 0 Å². The summed E-state index contributed by atoms with van der Waals surface area (Å²) in [6, 6.07) is 9.29. The Labute approximate surface area is 198 Å². The van der Waals surface area contributed by atoms with E-state index in [4.69, 9.17) is 25.6 Å². The Morgan fingerprint density at radius 2 is 1.73 bits per heavy atom. The van der Waals surface area contributed by atoms with Crippen molar-refractivity contribution in [1.29, 1.82) is 0 Å². The Morgan fingerprint density at radius 3 is 2.33 bits per heavy atom. The van der Waals surface area contributed by atoms with Crippen LogP contribution in [0.3, 0.4) is 0 Å². The minimum atomic E-state index is -0.443. The van der Waals surface area contributed by atoms with Crippen molar-refractivity contribution in [2.75, 3.05) is 0 Å². The maximum atomic E-state index is 12.4. The van der Waals surface area contributed by atoms with Gasteiger partial charge >= 0.3 is 12.8 Å². The Hall–Kier alpha value is -2.62. The summed E-state index contributed by atoms with van der Waals surface area (Å²) in [4.78, 5) is 12.4. The standard InChI is InChI=1S/C23H28BClN4O4/c1-14-12-20(15(2)11-17(14)24-32-22(3,4)23(5,6)33-24)31-13-16-18(25)9-8-10-19(16)29-21(30)28(7)26-27-29/h8-12H,13H2,1-7H3. The second kappa shape index (κ2) is 8.31. The molecule has 0 N–H and O–H groups in total. The minimum absolute atomic E-state index is 0.161. The Balaban J connectivity index is 1.61. The van der Waals surface area contributed by atoms with Gasteiger partial charge in [-0.3, -0.25) is 0 Å². The number of rotatable bonds is 5. The van der Waals surface area contributed by atoms with Crippen molar-refractivity contribution in [3.8, 4) is 11.4 Å². The van der Waals surface area contributed by atoms with Crippen LogP contribution in [0.5, 0.6) is 5.75 Å². The van der Waals surface area contributed by atoms with Crippen LogP contribution in [-0.2, 0) is 23.0 Å². The fourth-order valence-corrected chi connectivity index (χ4v) is 3.92. The van der Waals surface area contributed by atoms with E-state index in [9.17, 15) is 4.79 Å². The molecule has 1 aromatic heterocycles. The average molecular weight is 471 g/mol. The van der Waals surface area contributed by atoms with Crippen molar-refractivity contribution in [2.45, 2.75) is 59.4 Å². The molecule has 33 heavy (non-hydrogen) atoms. The lowest BCUT2D eigenvalue weighted by atomic mass is 9.75. The van der Waals surface area contributed by atoms with Crippen LogP contribution in [0.4, 0.5) is 0 Å². The van der Waals surface area contributed by atoms with Crippen LogP contribution in [0.25, 0.3) is 5.69 Å². The molecule has 0 spiro atoms. The zero-order chi connectivity index (χ0) is 24.1. The van der Waals surface area contributed by atoms with E-state index in [1.807, 2.05) is 53.7 Å². The number of halogens is 1. The smallest absolute Gasteiger partial charge is 0.488 e. The minimum Gasteiger partial charge on any atom is -0.488 e. The zero-order valence-electron chi connectivity index (χ0n) is 20.0. The lowest BCUT2D eigenvalue weighted by molar-refractivity contribution is 0.00578. The van der Waals surface area contributed by atoms with Crippen molar-refractivity contribution in [3.63, 3.8) is 0 Å². The molecule has 0 amide bonds. The quantitative estimate of drug-likeness (QED) is 0.533. The number of nitrogens with zero attached hydrogens (tertiary/aromatic N) is 4. The zero-order valence-corrected chi connectivity index (χ0v) is 20.7. The van der Waals surface area contributed by atoms with Gasteiger partial charge in [-0.25, -0.2) is 4.79 Å². The molecule has 1 aliphatic rings. The topological polar surface area (TPSA) is 80.4 Å². The molecule has 174 valence electrons. The van der Waals surface area contributed by atoms with Crippen LogP contribution in [0, 0.1) is 13.8 Å². The van der Waals surface area contributed by atoms with Crippen molar-refractivity contribution < 1.29 is 14.0 Å². The molecule has 1 saturated heterocycles. The third kappa shape index (κ3) is 4.21. The predicted molar refractivity (Wildman–Crippen MR) is 128 cm³/mol. The fraction of sp³-hybridized carbons (Fsp3) is 0.435. The van der Waals surface area contributed by atoms with Crippen LogP contribution in [-0.4, -0.2) is 38.1 Å². The number of hydrogen-bond acceptors (Lipinski definition) is 6. The summed E-state index contributed by atoms with van der Waals surface area (Å²) >= 11 is 6.46. The first kappa shape index (κ1) is 23.5. The summed E-state index contributed by atoms with van der Waals surface area (Å²) in [6.45, 7) is 12.3. The molecule has 0 atom stereocenters. The van der Waals surface area contributed by atoms with Gasteiger partial charge in [0.05, 0.1) is 16.9 Å². The first-order valence-electron chi connectivity index (χ1n) is 10.8. The van der Waals surface area contributed by atoms with Crippen molar-refractivity contribution >= 4 is 24.2 Å². The SMILES string of the molecule is Cc1cc(B2OC(C)(C)C(C)(C)O2)c(C)cc1OCc1c(Cl)cccc1-n1nnn(C)c1=O. The van der Waals surface area contributed by atoms with Gasteiger partial charge in [-0.05, 0) is 86.8 Å². The Bertz CT molecular complexity index is 1250. The average Bonchev–Trinajstić information content (AvgIpc) is 3.17. The molecule has 4 rings (SSSR count). The first-order chi connectivity index (χ1) is 15.4. The number of ether oxygens (including phenoxy) is 1. The van der Waals surface area contributed by atoms with E-state index < -0.39 is 18.3 Å². The second-order valence-electron chi connectivity index (χ2n) is 9.39. The molecule has 10 heteroatoms. The molecular weight excluding hydrogens is 443 g/mol. The summed E-state index contributed by atoms with van der Waals surface area (Å²) in [5.41, 5.74) is 2.91. The van der Waals surface area contributed by atoms with Crippen LogP contribution < -0.4 is 15.9 Å². The van der Waals surface area contributed by atoms with Crippen LogP contribution in [0.1, 0.15) is 44.4 Å². The first-order valence-corrected chi connectivity index (χ1v) is 11.2. The van der Waals surface area contributed by atoms with E-state index in [-0.39, 0.29) is 12.3 Å². The van der Waals surface area contributed by atoms with Crippen LogP contribution in [0.15, 0.2) is 35.1 Å². The number of aryl methyl sites for hydroxylation is 3. The van der Waals surface area contributed by atoms with E-state index in [0.29, 0.717) is 22.0 Å². The molecule has 0 unspecified atom stereocenters. The summed E-state index contributed by atoms with van der Waals surface area (Å²) in [5, 5.41) is 8.19. The van der Waals surface area contributed by atoms with Gasteiger partial charge in [-0.15, -0.1) is 0 Å². The maximum Gasteiger partial charge on any atom is 0.495 e. The largest absolute Gasteiger partial charge is 0.495 e. The predicted octanol–water partition coefficient (Wildman–Crippen LogP) is 3.11. The molecule has 0 bridgehead atoms. The van der Waals surface area contributed by atoms with E-state index >= 15 is 0 Å². The van der Waals surface area contributed by atoms with Gasteiger partial charge in [0.25, 0.3) is 0 Å². The highest BCUT2D eigenvalue weighted by molar-refractivity contribution is 6.62. The molecule has 1 fully saturated rings. The Morgan fingerprint density at radius 1 is 1.06 bits per heavy atom. The van der Waals surface area contributed by atoms with Crippen molar-refractivity contribution in [2.24, 2.45) is 7.05 Å². The van der Waals surface area contributed by atoms with Gasteiger partial charge in [-0.2, -0.15) is 9.36 Å². The van der Waals surface area contributed by atoms with E-state index in [1.54, 1.807) is 25.2 Å². The third-order valence-electron chi connectivity index (χ3n) is 6.49. The molecule has 8 nitrogen and oxygen atoms in total. The van der Waals surface area contributed by atoms with Crippen LogP contribution in [0.2, 0.25) is 5.02 Å². The highest BCUT2D eigenvalue weighted by Gasteiger charge is 2.52. The third-order valence-corrected chi connectivity index (χ3v) is 6.84. The van der Waals surface area contributed by atoms with Gasteiger partial charge in [0, 0.05) is 17.6 Å². The van der Waals surface area contributed by atoms with Gasteiger partial charge in [-0.1, -0.05) is 23.7 Å². The van der Waals surface area contributed by atoms with Crippen LogP contribution >= 0.6 is 11.6 Å². The van der Waals surface area contributed by atoms with Crippen molar-refractivity contribution in [3.05, 3.63) is 62.5 Å². The van der Waals surface area contributed by atoms with E-state index in [0.717, 1.165) is 21.3 Å². The van der Waals surface area contributed by atoms with Gasteiger partial charge in [0.1, 0.15) is 12.4 Å². The molecule has 0 saturated carbocycles. The monoisotopic (exact) mass is 470 g/mol. The summed E-state index contributed by atoms with van der Waals surface area (Å²) in [7, 11) is 1.10. The normalized spacial score (nSPS) is 16.9. The lowest BCUT2D eigenvalue weighted by Gasteiger charge is -2.32. The van der Waals surface area contributed by atoms with E-state index in [2.05, 4.69) is 10.4 Å². The maximum absolute atomic E-state index is 12.4. The number of benzene rings is 2. The number of aromatic nitrogens is 4. The molecule has 2 aromatic carbocycles. The van der Waals surface area contributed by atoms with E-state index in [1.165, 1.54) is 4.68 Å². The van der Waals surface area contributed by atoms with Gasteiger partial charge < -0.3 is 14.0 Å². The number of hydrogen-bond donors (Lipinski definition) is 0. The molecule has 1 aliphatic heterocycles. The molecular formula is C23H28BClN4O4.